The Hall–Kier alpha value is -1.01. The van der Waals surface area contributed by atoms with Crippen molar-refractivity contribution >= 4 is 45.3 Å². The highest BCUT2D eigenvalue weighted by Gasteiger charge is 2.22. The van der Waals surface area contributed by atoms with Crippen molar-refractivity contribution < 1.29 is 14.7 Å². The van der Waals surface area contributed by atoms with Crippen molar-refractivity contribution in [3.63, 3.8) is 0 Å². The number of hydrogen-bond acceptors (Lipinski definition) is 3. The van der Waals surface area contributed by atoms with Crippen molar-refractivity contribution in [2.45, 2.75) is 26.0 Å². The quantitative estimate of drug-likeness (QED) is 0.814. The molecule has 6 heteroatoms. The summed E-state index contributed by atoms with van der Waals surface area (Å²) in [5.74, 6) is -0.953. The molecule has 1 amide bonds. The van der Waals surface area contributed by atoms with Gasteiger partial charge in [0.2, 0.25) is 5.91 Å². The highest BCUT2D eigenvalue weighted by Crippen LogP contribution is 2.22. The van der Waals surface area contributed by atoms with Crippen LogP contribution in [0.3, 0.4) is 0 Å². The Labute approximate surface area is 131 Å². The number of rotatable bonds is 6. The molecule has 0 aliphatic rings. The number of carboxylic acids is 1. The lowest BCUT2D eigenvalue weighted by atomic mass is 10.1. The molecular formula is C14H18BrNO3S. The standard InChI is InChI=1S/C14H18BrNO3S/c1-8(2)13(14(18)19)20-7-12(17)16-10-4-5-11(15)9(3)6-10/h4-6,8,13H,7H2,1-3H3,(H,16,17)(H,18,19). The fraction of sp³-hybridized carbons (Fsp3) is 0.429. The van der Waals surface area contributed by atoms with Crippen LogP contribution < -0.4 is 5.32 Å². The van der Waals surface area contributed by atoms with Gasteiger partial charge in [-0.1, -0.05) is 29.8 Å². The van der Waals surface area contributed by atoms with Gasteiger partial charge in [0.05, 0.1) is 5.75 Å². The Morgan fingerprint density at radius 2 is 2.05 bits per heavy atom. The van der Waals surface area contributed by atoms with Crippen molar-refractivity contribution in [3.05, 3.63) is 28.2 Å². The Balaban J connectivity index is 2.55. The van der Waals surface area contributed by atoms with E-state index in [0.29, 0.717) is 5.69 Å². The lowest BCUT2D eigenvalue weighted by Crippen LogP contribution is -2.25. The van der Waals surface area contributed by atoms with E-state index in [9.17, 15) is 9.59 Å². The van der Waals surface area contributed by atoms with E-state index in [1.807, 2.05) is 32.9 Å². The second-order valence-corrected chi connectivity index (χ2v) is 6.81. The third-order valence-corrected chi connectivity index (χ3v) is 5.11. The molecule has 1 atom stereocenters. The van der Waals surface area contributed by atoms with E-state index in [1.165, 1.54) is 0 Å². The molecule has 0 aliphatic heterocycles. The summed E-state index contributed by atoms with van der Waals surface area (Å²) in [7, 11) is 0. The first-order valence-corrected chi connectivity index (χ1v) is 8.06. The summed E-state index contributed by atoms with van der Waals surface area (Å²) in [5.41, 5.74) is 1.74. The van der Waals surface area contributed by atoms with Gasteiger partial charge < -0.3 is 10.4 Å². The number of anilines is 1. The van der Waals surface area contributed by atoms with Gasteiger partial charge >= 0.3 is 5.97 Å². The van der Waals surface area contributed by atoms with Gasteiger partial charge in [-0.2, -0.15) is 0 Å². The minimum atomic E-state index is -0.878. The zero-order valence-corrected chi connectivity index (χ0v) is 14.0. The molecule has 0 saturated heterocycles. The predicted octanol–water partition coefficient (Wildman–Crippen LogP) is 3.54. The molecule has 2 N–H and O–H groups in total. The fourth-order valence-electron chi connectivity index (χ4n) is 1.63. The van der Waals surface area contributed by atoms with E-state index in [0.717, 1.165) is 21.8 Å². The smallest absolute Gasteiger partial charge is 0.316 e. The number of carboxylic acid groups (broad SMARTS) is 1. The van der Waals surface area contributed by atoms with Crippen LogP contribution in [0.1, 0.15) is 19.4 Å². The first kappa shape index (κ1) is 17.0. The molecular weight excluding hydrogens is 342 g/mol. The monoisotopic (exact) mass is 359 g/mol. The number of carbonyl (C=O) groups is 2. The zero-order valence-electron chi connectivity index (χ0n) is 11.6. The van der Waals surface area contributed by atoms with Crippen LogP contribution in [0, 0.1) is 12.8 Å². The molecule has 0 aromatic heterocycles. The lowest BCUT2D eigenvalue weighted by molar-refractivity contribution is -0.137. The zero-order chi connectivity index (χ0) is 15.3. The van der Waals surface area contributed by atoms with Crippen molar-refractivity contribution in [2.75, 3.05) is 11.1 Å². The van der Waals surface area contributed by atoms with Crippen molar-refractivity contribution in [1.29, 1.82) is 0 Å². The van der Waals surface area contributed by atoms with Gasteiger partial charge in [0, 0.05) is 10.2 Å². The molecule has 0 radical (unpaired) electrons. The first-order valence-electron chi connectivity index (χ1n) is 6.21. The van der Waals surface area contributed by atoms with Crippen LogP contribution in [-0.4, -0.2) is 28.0 Å². The fourth-order valence-corrected chi connectivity index (χ4v) is 2.81. The second-order valence-electron chi connectivity index (χ2n) is 4.83. The van der Waals surface area contributed by atoms with Crippen LogP contribution in [0.25, 0.3) is 0 Å². The van der Waals surface area contributed by atoms with Crippen molar-refractivity contribution in [3.8, 4) is 0 Å². The van der Waals surface area contributed by atoms with Gasteiger partial charge in [0.25, 0.3) is 0 Å². The summed E-state index contributed by atoms with van der Waals surface area (Å²) in [6, 6.07) is 5.53. The van der Waals surface area contributed by atoms with Crippen LogP contribution >= 0.6 is 27.7 Å². The number of halogens is 1. The number of thioether (sulfide) groups is 1. The minimum Gasteiger partial charge on any atom is -0.480 e. The lowest BCUT2D eigenvalue weighted by Gasteiger charge is -2.15. The Morgan fingerprint density at radius 3 is 2.55 bits per heavy atom. The summed E-state index contributed by atoms with van der Waals surface area (Å²) in [5, 5.41) is 11.3. The minimum absolute atomic E-state index is 0.0137. The van der Waals surface area contributed by atoms with Crippen LogP contribution in [0.5, 0.6) is 0 Å². The van der Waals surface area contributed by atoms with E-state index < -0.39 is 11.2 Å². The molecule has 0 bridgehead atoms. The predicted molar refractivity (Wildman–Crippen MR) is 86.2 cm³/mol. The SMILES string of the molecule is Cc1cc(NC(=O)CSC(C(=O)O)C(C)C)ccc1Br. The first-order chi connectivity index (χ1) is 9.31. The molecule has 20 heavy (non-hydrogen) atoms. The normalized spacial score (nSPS) is 12.2. The molecule has 0 spiro atoms. The van der Waals surface area contributed by atoms with E-state index in [4.69, 9.17) is 5.11 Å². The largest absolute Gasteiger partial charge is 0.480 e. The molecule has 0 heterocycles. The molecule has 4 nitrogen and oxygen atoms in total. The number of amides is 1. The number of aliphatic carboxylic acids is 1. The maximum absolute atomic E-state index is 11.8. The molecule has 1 aromatic carbocycles. The van der Waals surface area contributed by atoms with Gasteiger partial charge in [0.15, 0.2) is 0 Å². The van der Waals surface area contributed by atoms with Crippen LogP contribution in [0.4, 0.5) is 5.69 Å². The van der Waals surface area contributed by atoms with Gasteiger partial charge in [-0.3, -0.25) is 9.59 Å². The summed E-state index contributed by atoms with van der Waals surface area (Å²) in [4.78, 5) is 22.9. The van der Waals surface area contributed by atoms with Crippen LogP contribution in [0.15, 0.2) is 22.7 Å². The van der Waals surface area contributed by atoms with Gasteiger partial charge in [-0.15, -0.1) is 11.8 Å². The molecule has 0 aliphatic carbocycles. The average Bonchev–Trinajstić information content (AvgIpc) is 2.33. The van der Waals surface area contributed by atoms with Crippen molar-refractivity contribution in [1.82, 2.24) is 0 Å². The van der Waals surface area contributed by atoms with Gasteiger partial charge in [-0.05, 0) is 36.6 Å². The Bertz CT molecular complexity index is 505. The summed E-state index contributed by atoms with van der Waals surface area (Å²) in [6.07, 6.45) is 0. The van der Waals surface area contributed by atoms with Crippen molar-refractivity contribution in [2.24, 2.45) is 5.92 Å². The van der Waals surface area contributed by atoms with Crippen LogP contribution in [0.2, 0.25) is 0 Å². The van der Waals surface area contributed by atoms with E-state index >= 15 is 0 Å². The molecule has 110 valence electrons. The number of carbonyl (C=O) groups excluding carboxylic acids is 1. The topological polar surface area (TPSA) is 66.4 Å². The van der Waals surface area contributed by atoms with Gasteiger partial charge in [-0.25, -0.2) is 0 Å². The van der Waals surface area contributed by atoms with E-state index in [2.05, 4.69) is 21.2 Å². The highest BCUT2D eigenvalue weighted by atomic mass is 79.9. The molecule has 0 saturated carbocycles. The second kappa shape index (κ2) is 7.69. The Kier molecular flexibility index (Phi) is 6.55. The van der Waals surface area contributed by atoms with Gasteiger partial charge in [0.1, 0.15) is 5.25 Å². The number of nitrogens with one attached hydrogen (secondary N) is 1. The molecule has 1 unspecified atom stereocenters. The number of benzene rings is 1. The molecule has 1 rings (SSSR count). The highest BCUT2D eigenvalue weighted by molar-refractivity contribution is 9.10. The number of aryl methyl sites for hydroxylation is 1. The Morgan fingerprint density at radius 1 is 1.40 bits per heavy atom. The maximum atomic E-state index is 11.8. The summed E-state index contributed by atoms with van der Waals surface area (Å²) in [6.45, 7) is 5.61. The van der Waals surface area contributed by atoms with Crippen LogP contribution in [-0.2, 0) is 9.59 Å². The number of hydrogen-bond donors (Lipinski definition) is 2. The molecule has 0 fully saturated rings. The average molecular weight is 360 g/mol. The van der Waals surface area contributed by atoms with E-state index in [-0.39, 0.29) is 17.6 Å². The molecule has 1 aromatic rings. The summed E-state index contributed by atoms with van der Waals surface area (Å²) >= 11 is 4.55. The van der Waals surface area contributed by atoms with E-state index in [1.54, 1.807) is 6.07 Å². The third kappa shape index (κ3) is 5.17. The third-order valence-electron chi connectivity index (χ3n) is 2.68. The summed E-state index contributed by atoms with van der Waals surface area (Å²) < 4.78 is 0.982. The maximum Gasteiger partial charge on any atom is 0.316 e.